The second-order valence-electron chi connectivity index (χ2n) is 4.56. The second kappa shape index (κ2) is 5.76. The predicted octanol–water partition coefficient (Wildman–Crippen LogP) is -0.527. The zero-order valence-electron chi connectivity index (χ0n) is 9.93. The van der Waals surface area contributed by atoms with Crippen molar-refractivity contribution in [2.75, 3.05) is 0 Å². The molecule has 0 heterocycles. The quantitative estimate of drug-likeness (QED) is 0.716. The summed E-state index contributed by atoms with van der Waals surface area (Å²) in [5.74, 6) is 0. The van der Waals surface area contributed by atoms with Crippen molar-refractivity contribution in [2.24, 2.45) is 5.73 Å². The van der Waals surface area contributed by atoms with E-state index >= 15 is 0 Å². The number of benzene rings is 1. The van der Waals surface area contributed by atoms with Gasteiger partial charge in [0.25, 0.3) is 0 Å². The molecule has 0 unspecified atom stereocenters. The van der Waals surface area contributed by atoms with E-state index in [9.17, 15) is 12.9 Å². The monoisotopic (exact) mass is 267 g/mol. The standard InChI is InChI=1S/C11H14BF3N.K/c13-12(14,15)10-5-3-9(4-6-10)11(16)7-1-2-8-11;/h3-6H,1-2,7-8,16H2;/q-1;+1. The average Bonchev–Trinajstić information content (AvgIpc) is 2.66. The Morgan fingerprint density at radius 1 is 1.00 bits per heavy atom. The summed E-state index contributed by atoms with van der Waals surface area (Å²) in [5.41, 5.74) is 6.03. The van der Waals surface area contributed by atoms with Crippen LogP contribution in [0.5, 0.6) is 0 Å². The molecule has 1 fully saturated rings. The van der Waals surface area contributed by atoms with Crippen molar-refractivity contribution >= 4 is 12.4 Å². The van der Waals surface area contributed by atoms with Gasteiger partial charge in [0, 0.05) is 5.54 Å². The van der Waals surface area contributed by atoms with E-state index in [4.69, 9.17) is 5.73 Å². The van der Waals surface area contributed by atoms with Gasteiger partial charge < -0.3 is 18.7 Å². The Bertz CT molecular complexity index is 371. The number of nitrogens with two attached hydrogens (primary N) is 1. The van der Waals surface area contributed by atoms with Crippen LogP contribution >= 0.6 is 0 Å². The molecule has 1 nitrogen and oxygen atoms in total. The van der Waals surface area contributed by atoms with E-state index in [1.165, 1.54) is 12.1 Å². The molecule has 0 aromatic heterocycles. The molecule has 1 saturated carbocycles. The molecule has 0 saturated heterocycles. The SMILES string of the molecule is NC1(c2ccc([B-](F)(F)F)cc2)CCCC1.[K+]. The van der Waals surface area contributed by atoms with Crippen LogP contribution in [0.1, 0.15) is 31.2 Å². The first-order valence-corrected chi connectivity index (χ1v) is 5.51. The van der Waals surface area contributed by atoms with Crippen molar-refractivity contribution in [3.8, 4) is 0 Å². The third kappa shape index (κ3) is 3.58. The van der Waals surface area contributed by atoms with E-state index in [0.29, 0.717) is 0 Å². The van der Waals surface area contributed by atoms with Crippen LogP contribution in [0.3, 0.4) is 0 Å². The maximum atomic E-state index is 12.4. The fraction of sp³-hybridized carbons (Fsp3) is 0.455. The maximum absolute atomic E-state index is 12.4. The van der Waals surface area contributed by atoms with Crippen LogP contribution in [-0.4, -0.2) is 6.98 Å². The van der Waals surface area contributed by atoms with E-state index in [1.807, 2.05) is 0 Å². The molecule has 88 valence electrons. The van der Waals surface area contributed by atoms with Crippen molar-refractivity contribution in [1.82, 2.24) is 0 Å². The molecule has 6 heteroatoms. The Hall–Kier alpha value is 0.671. The van der Waals surface area contributed by atoms with Crippen LogP contribution in [0.2, 0.25) is 0 Å². The normalized spacial score (nSPS) is 18.8. The van der Waals surface area contributed by atoms with Gasteiger partial charge in [-0.05, 0) is 18.4 Å². The van der Waals surface area contributed by atoms with E-state index in [2.05, 4.69) is 0 Å². The molecule has 1 aromatic carbocycles. The summed E-state index contributed by atoms with van der Waals surface area (Å²) in [6.07, 6.45) is 3.84. The second-order valence-corrected chi connectivity index (χ2v) is 4.56. The fourth-order valence-electron chi connectivity index (χ4n) is 2.33. The summed E-state index contributed by atoms with van der Waals surface area (Å²) < 4.78 is 37.3. The van der Waals surface area contributed by atoms with Gasteiger partial charge in [0.2, 0.25) is 0 Å². The van der Waals surface area contributed by atoms with Gasteiger partial charge in [-0.2, -0.15) is 0 Å². The van der Waals surface area contributed by atoms with Gasteiger partial charge in [-0.3, -0.25) is 0 Å². The van der Waals surface area contributed by atoms with Crippen LogP contribution in [0.4, 0.5) is 12.9 Å². The van der Waals surface area contributed by atoms with Crippen LogP contribution in [-0.2, 0) is 5.54 Å². The molecule has 2 N–H and O–H groups in total. The van der Waals surface area contributed by atoms with E-state index in [1.54, 1.807) is 0 Å². The van der Waals surface area contributed by atoms with E-state index in [0.717, 1.165) is 43.4 Å². The average molecular weight is 267 g/mol. The van der Waals surface area contributed by atoms with Crippen LogP contribution in [0.25, 0.3) is 0 Å². The minimum Gasteiger partial charge on any atom is -0.445 e. The van der Waals surface area contributed by atoms with E-state index < -0.39 is 18.0 Å². The Morgan fingerprint density at radius 3 is 1.88 bits per heavy atom. The number of rotatable bonds is 2. The summed E-state index contributed by atoms with van der Waals surface area (Å²) >= 11 is 0. The number of halogens is 3. The van der Waals surface area contributed by atoms with Gasteiger partial charge in [-0.15, -0.1) is 5.46 Å². The molecule has 0 aliphatic heterocycles. The van der Waals surface area contributed by atoms with Gasteiger partial charge >= 0.3 is 58.4 Å². The number of hydrogen-bond acceptors (Lipinski definition) is 1. The van der Waals surface area contributed by atoms with Crippen molar-refractivity contribution < 1.29 is 64.3 Å². The van der Waals surface area contributed by atoms with Crippen LogP contribution < -0.4 is 62.6 Å². The molecule has 2 rings (SSSR count). The Balaban J connectivity index is 0.00000144. The topological polar surface area (TPSA) is 26.0 Å². The first kappa shape index (κ1) is 15.7. The molecule has 0 spiro atoms. The zero-order chi connectivity index (χ0) is 11.8. The molecular weight excluding hydrogens is 253 g/mol. The van der Waals surface area contributed by atoms with Crippen molar-refractivity contribution in [1.29, 1.82) is 0 Å². The third-order valence-corrected chi connectivity index (χ3v) is 3.36. The zero-order valence-corrected chi connectivity index (χ0v) is 13.0. The maximum Gasteiger partial charge on any atom is 1.00 e. The van der Waals surface area contributed by atoms with Gasteiger partial charge in [0.15, 0.2) is 0 Å². The van der Waals surface area contributed by atoms with Crippen molar-refractivity contribution in [3.63, 3.8) is 0 Å². The number of hydrogen-bond donors (Lipinski definition) is 1. The molecule has 0 amide bonds. The Kier molecular flexibility index (Phi) is 5.32. The van der Waals surface area contributed by atoms with Gasteiger partial charge in [0.05, 0.1) is 0 Å². The van der Waals surface area contributed by atoms with Gasteiger partial charge in [-0.1, -0.05) is 37.1 Å². The smallest absolute Gasteiger partial charge is 0.445 e. The Labute approximate surface area is 142 Å². The minimum absolute atomic E-state index is 0. The van der Waals surface area contributed by atoms with Gasteiger partial charge in [-0.25, -0.2) is 0 Å². The molecule has 1 aliphatic carbocycles. The molecule has 0 bridgehead atoms. The first-order valence-electron chi connectivity index (χ1n) is 5.51. The molecule has 0 radical (unpaired) electrons. The van der Waals surface area contributed by atoms with Crippen LogP contribution in [0.15, 0.2) is 24.3 Å². The summed E-state index contributed by atoms with van der Waals surface area (Å²) in [4.78, 5) is 0. The molecular formula is C11H14BF3KN. The molecule has 1 aliphatic rings. The summed E-state index contributed by atoms with van der Waals surface area (Å²) in [7, 11) is 0. The predicted molar refractivity (Wildman–Crippen MR) is 59.5 cm³/mol. The summed E-state index contributed by atoms with van der Waals surface area (Å²) in [6.45, 7) is -4.89. The van der Waals surface area contributed by atoms with Crippen molar-refractivity contribution in [2.45, 2.75) is 31.2 Å². The molecule has 0 atom stereocenters. The van der Waals surface area contributed by atoms with Crippen molar-refractivity contribution in [3.05, 3.63) is 29.8 Å². The minimum atomic E-state index is -4.89. The summed E-state index contributed by atoms with van der Waals surface area (Å²) in [5, 5.41) is 0. The van der Waals surface area contributed by atoms with Gasteiger partial charge in [0.1, 0.15) is 0 Å². The Morgan fingerprint density at radius 2 is 1.47 bits per heavy atom. The molecule has 1 aromatic rings. The summed E-state index contributed by atoms with van der Waals surface area (Å²) in [6, 6.07) is 5.33. The fourth-order valence-corrected chi connectivity index (χ4v) is 2.33. The van der Waals surface area contributed by atoms with Crippen LogP contribution in [0, 0.1) is 0 Å². The first-order chi connectivity index (χ1) is 7.42. The van der Waals surface area contributed by atoms with E-state index in [-0.39, 0.29) is 51.4 Å². The largest absolute Gasteiger partial charge is 1.00 e. The molecule has 17 heavy (non-hydrogen) atoms. The third-order valence-electron chi connectivity index (χ3n) is 3.36.